The molecule has 2 rings (SSSR count). The van der Waals surface area contributed by atoms with E-state index in [1.807, 2.05) is 0 Å². The molecule has 0 N–H and O–H groups in total. The Morgan fingerprint density at radius 3 is 2.32 bits per heavy atom. The van der Waals surface area contributed by atoms with Crippen molar-refractivity contribution in [2.45, 2.75) is 37.4 Å². The van der Waals surface area contributed by atoms with Crippen LogP contribution in [-0.2, 0) is 9.59 Å². The van der Waals surface area contributed by atoms with Crippen molar-refractivity contribution < 1.29 is 19.1 Å². The lowest BCUT2D eigenvalue weighted by Gasteiger charge is -2.19. The standard InChI is InChI=1S/C17H18O4S/c1-2-15(18)21-13-10-8-12(9-11-13)16(19)17(20)22-14-6-4-3-5-7-14/h2,8-11,14H,1,3-7H2. The molecule has 1 aromatic rings. The van der Waals surface area contributed by atoms with Gasteiger partial charge < -0.3 is 4.74 Å². The second kappa shape index (κ2) is 7.94. The Balaban J connectivity index is 1.94. The minimum absolute atomic E-state index is 0.262. The zero-order chi connectivity index (χ0) is 15.9. The fourth-order valence-corrected chi connectivity index (χ4v) is 3.43. The van der Waals surface area contributed by atoms with E-state index in [1.54, 1.807) is 0 Å². The first kappa shape index (κ1) is 16.5. The molecule has 0 amide bonds. The van der Waals surface area contributed by atoms with Crippen molar-refractivity contribution in [1.82, 2.24) is 0 Å². The summed E-state index contributed by atoms with van der Waals surface area (Å²) >= 11 is 1.15. The number of hydrogen-bond donors (Lipinski definition) is 0. The second-order valence-corrected chi connectivity index (χ2v) is 6.42. The molecule has 0 unspecified atom stereocenters. The van der Waals surface area contributed by atoms with Crippen LogP contribution in [0.25, 0.3) is 0 Å². The summed E-state index contributed by atoms with van der Waals surface area (Å²) in [4.78, 5) is 35.2. The molecule has 5 heteroatoms. The molecule has 0 aliphatic heterocycles. The molecule has 1 aromatic carbocycles. The fourth-order valence-electron chi connectivity index (χ4n) is 2.34. The molecule has 1 fully saturated rings. The molecule has 1 aliphatic rings. The van der Waals surface area contributed by atoms with E-state index in [4.69, 9.17) is 4.74 Å². The molecule has 22 heavy (non-hydrogen) atoms. The van der Waals surface area contributed by atoms with Crippen molar-refractivity contribution in [3.05, 3.63) is 42.5 Å². The van der Waals surface area contributed by atoms with Gasteiger partial charge >= 0.3 is 5.97 Å². The Kier molecular flexibility index (Phi) is 5.95. The summed E-state index contributed by atoms with van der Waals surface area (Å²) in [6.45, 7) is 3.31. The molecule has 0 spiro atoms. The van der Waals surface area contributed by atoms with Crippen molar-refractivity contribution in [3.8, 4) is 5.75 Å². The number of hydrogen-bond acceptors (Lipinski definition) is 5. The Labute approximate surface area is 133 Å². The van der Waals surface area contributed by atoms with Crippen LogP contribution in [0.4, 0.5) is 0 Å². The van der Waals surface area contributed by atoms with Gasteiger partial charge in [0.2, 0.25) is 5.78 Å². The van der Waals surface area contributed by atoms with Gasteiger partial charge in [-0.05, 0) is 37.1 Å². The van der Waals surface area contributed by atoms with Gasteiger partial charge in [0.25, 0.3) is 5.12 Å². The maximum atomic E-state index is 12.1. The molecule has 1 saturated carbocycles. The predicted octanol–water partition coefficient (Wildman–Crippen LogP) is 3.55. The number of ketones is 1. The average Bonchev–Trinajstić information content (AvgIpc) is 2.55. The highest BCUT2D eigenvalue weighted by Gasteiger charge is 2.23. The average molecular weight is 318 g/mol. The van der Waals surface area contributed by atoms with Crippen molar-refractivity contribution >= 4 is 28.6 Å². The first-order valence-corrected chi connectivity index (χ1v) is 8.17. The number of esters is 1. The van der Waals surface area contributed by atoms with Gasteiger partial charge in [-0.3, -0.25) is 9.59 Å². The van der Waals surface area contributed by atoms with Crippen LogP contribution in [0, 0.1) is 0 Å². The van der Waals surface area contributed by atoms with Crippen LogP contribution in [0.1, 0.15) is 42.5 Å². The highest BCUT2D eigenvalue weighted by Crippen LogP contribution is 2.29. The summed E-state index contributed by atoms with van der Waals surface area (Å²) in [7, 11) is 0. The van der Waals surface area contributed by atoms with E-state index < -0.39 is 16.9 Å². The third-order valence-corrected chi connectivity index (χ3v) is 4.72. The third-order valence-electron chi connectivity index (χ3n) is 3.51. The molecule has 0 heterocycles. The number of carbonyl (C=O) groups excluding carboxylic acids is 3. The van der Waals surface area contributed by atoms with E-state index in [-0.39, 0.29) is 5.25 Å². The topological polar surface area (TPSA) is 60.4 Å². The van der Waals surface area contributed by atoms with Gasteiger partial charge in [0, 0.05) is 16.9 Å². The SMILES string of the molecule is C=CC(=O)Oc1ccc(C(=O)C(=O)SC2CCCCC2)cc1. The first-order chi connectivity index (χ1) is 10.6. The van der Waals surface area contributed by atoms with Crippen molar-refractivity contribution in [1.29, 1.82) is 0 Å². The first-order valence-electron chi connectivity index (χ1n) is 7.30. The summed E-state index contributed by atoms with van der Waals surface area (Å²) in [5.74, 6) is -0.756. The number of rotatable bonds is 5. The Morgan fingerprint density at radius 2 is 1.73 bits per heavy atom. The predicted molar refractivity (Wildman–Crippen MR) is 86.1 cm³/mol. The highest BCUT2D eigenvalue weighted by molar-refractivity contribution is 8.16. The summed E-state index contributed by atoms with van der Waals surface area (Å²) in [6.07, 6.45) is 6.53. The van der Waals surface area contributed by atoms with Gasteiger partial charge in [0.1, 0.15) is 5.75 Å². The van der Waals surface area contributed by atoms with Crippen LogP contribution in [0.3, 0.4) is 0 Å². The van der Waals surface area contributed by atoms with Crippen LogP contribution < -0.4 is 4.74 Å². The minimum Gasteiger partial charge on any atom is -0.423 e. The van der Waals surface area contributed by atoms with E-state index >= 15 is 0 Å². The second-order valence-electron chi connectivity index (χ2n) is 5.14. The van der Waals surface area contributed by atoms with Gasteiger partial charge in [-0.15, -0.1) is 0 Å². The Morgan fingerprint density at radius 1 is 1.09 bits per heavy atom. The molecule has 4 nitrogen and oxygen atoms in total. The summed E-state index contributed by atoms with van der Waals surface area (Å²) < 4.78 is 4.92. The number of benzene rings is 1. The summed E-state index contributed by atoms with van der Waals surface area (Å²) in [5.41, 5.74) is 0.312. The van der Waals surface area contributed by atoms with Crippen LogP contribution in [0.2, 0.25) is 0 Å². The molecule has 0 radical (unpaired) electrons. The molecular weight excluding hydrogens is 300 g/mol. The molecule has 1 aliphatic carbocycles. The zero-order valence-electron chi connectivity index (χ0n) is 12.2. The lowest BCUT2D eigenvalue weighted by Crippen LogP contribution is -2.17. The molecule has 0 aromatic heterocycles. The molecule has 0 saturated heterocycles. The Bertz CT molecular complexity index is 571. The van der Waals surface area contributed by atoms with Gasteiger partial charge in [-0.2, -0.15) is 0 Å². The van der Waals surface area contributed by atoms with Gasteiger partial charge in [-0.1, -0.05) is 37.6 Å². The third kappa shape index (κ3) is 4.56. The van der Waals surface area contributed by atoms with E-state index in [2.05, 4.69) is 6.58 Å². The molecule has 0 atom stereocenters. The number of ether oxygens (including phenoxy) is 1. The van der Waals surface area contributed by atoms with Crippen molar-refractivity contribution in [3.63, 3.8) is 0 Å². The normalized spacial score (nSPS) is 15.1. The fraction of sp³-hybridized carbons (Fsp3) is 0.353. The maximum Gasteiger partial charge on any atom is 0.335 e. The van der Waals surface area contributed by atoms with Gasteiger partial charge in [0.15, 0.2) is 0 Å². The number of carbonyl (C=O) groups is 3. The van der Waals surface area contributed by atoms with E-state index in [0.717, 1.165) is 43.5 Å². The molecule has 116 valence electrons. The zero-order valence-corrected chi connectivity index (χ0v) is 13.1. The van der Waals surface area contributed by atoms with E-state index in [1.165, 1.54) is 30.7 Å². The lowest BCUT2D eigenvalue weighted by atomic mass is 10.0. The maximum absolute atomic E-state index is 12.1. The number of Topliss-reactive ketones (excluding diaryl/α,β-unsaturated/α-hetero) is 1. The van der Waals surface area contributed by atoms with Gasteiger partial charge in [-0.25, -0.2) is 4.79 Å². The largest absolute Gasteiger partial charge is 0.423 e. The van der Waals surface area contributed by atoms with E-state index in [9.17, 15) is 14.4 Å². The smallest absolute Gasteiger partial charge is 0.335 e. The van der Waals surface area contributed by atoms with E-state index in [0.29, 0.717) is 11.3 Å². The summed E-state index contributed by atoms with van der Waals surface area (Å²) in [5, 5.41) is -0.152. The number of thioether (sulfide) groups is 1. The van der Waals surface area contributed by atoms with Crippen LogP contribution in [-0.4, -0.2) is 22.1 Å². The minimum atomic E-state index is -0.567. The molecule has 0 bridgehead atoms. The highest BCUT2D eigenvalue weighted by atomic mass is 32.2. The van der Waals surface area contributed by atoms with Crippen LogP contribution in [0.15, 0.2) is 36.9 Å². The van der Waals surface area contributed by atoms with Gasteiger partial charge in [0.05, 0.1) is 0 Å². The van der Waals surface area contributed by atoms with Crippen LogP contribution >= 0.6 is 11.8 Å². The van der Waals surface area contributed by atoms with Crippen LogP contribution in [0.5, 0.6) is 5.75 Å². The summed E-state index contributed by atoms with van der Waals surface area (Å²) in [6, 6.07) is 5.97. The lowest BCUT2D eigenvalue weighted by molar-refractivity contribution is -0.129. The van der Waals surface area contributed by atoms with Crippen molar-refractivity contribution in [2.75, 3.05) is 0 Å². The monoisotopic (exact) mass is 318 g/mol. The quantitative estimate of drug-likeness (QED) is 0.273. The van der Waals surface area contributed by atoms with Crippen molar-refractivity contribution in [2.24, 2.45) is 0 Å². The molecular formula is C17H18O4S. The Hall–Kier alpha value is -1.88.